The maximum atomic E-state index is 13.2. The molecule has 5 rings (SSSR count). The summed E-state index contributed by atoms with van der Waals surface area (Å²) in [5.74, 6) is 0. The fraction of sp³-hybridized carbons (Fsp3) is 0. The van der Waals surface area contributed by atoms with Crippen LogP contribution in [0.3, 0.4) is 0 Å². The third-order valence-corrected chi connectivity index (χ3v) is 6.27. The van der Waals surface area contributed by atoms with Crippen LogP contribution in [0.2, 0.25) is 0 Å². The number of fused-ring (bicyclic) bond motifs is 2. The molecule has 0 atom stereocenters. The molecule has 0 spiro atoms. The van der Waals surface area contributed by atoms with E-state index < -0.39 is 0 Å². The average Bonchev–Trinajstić information content (AvgIpc) is 3.11. The molecular weight excluding hydrogens is 374 g/mol. The van der Waals surface area contributed by atoms with Crippen LogP contribution in [0, 0.1) is 0 Å². The van der Waals surface area contributed by atoms with E-state index in [4.69, 9.17) is 4.98 Å². The first-order chi connectivity index (χ1) is 13.3. The maximum absolute atomic E-state index is 13.2. The minimum atomic E-state index is -0.0737. The number of aromatic nitrogens is 3. The van der Waals surface area contributed by atoms with E-state index in [1.54, 1.807) is 15.9 Å². The van der Waals surface area contributed by atoms with Crippen LogP contribution >= 0.6 is 23.1 Å². The van der Waals surface area contributed by atoms with Gasteiger partial charge >= 0.3 is 0 Å². The molecule has 2 aromatic heterocycles. The van der Waals surface area contributed by atoms with Gasteiger partial charge in [-0.1, -0.05) is 42.5 Å². The summed E-state index contributed by atoms with van der Waals surface area (Å²) in [7, 11) is 0. The average molecular weight is 387 g/mol. The number of rotatable bonds is 3. The second kappa shape index (κ2) is 6.64. The van der Waals surface area contributed by atoms with Gasteiger partial charge in [-0.05, 0) is 48.2 Å². The summed E-state index contributed by atoms with van der Waals surface area (Å²) in [6.07, 6.45) is 0. The first-order valence-electron chi connectivity index (χ1n) is 8.40. The monoisotopic (exact) mass is 387 g/mol. The highest BCUT2D eigenvalue weighted by Crippen LogP contribution is 2.34. The van der Waals surface area contributed by atoms with E-state index in [0.29, 0.717) is 16.1 Å². The molecule has 0 N–H and O–H groups in total. The number of hydrogen-bond acceptors (Lipinski definition) is 5. The van der Waals surface area contributed by atoms with Gasteiger partial charge in [-0.2, -0.15) is 0 Å². The molecule has 0 amide bonds. The molecule has 0 aliphatic carbocycles. The molecule has 4 nitrogen and oxygen atoms in total. The number of benzene rings is 3. The Kier molecular flexibility index (Phi) is 3.99. The van der Waals surface area contributed by atoms with Crippen molar-refractivity contribution >= 4 is 44.2 Å². The molecule has 27 heavy (non-hydrogen) atoms. The summed E-state index contributed by atoms with van der Waals surface area (Å²) in [6, 6.07) is 25.1. The Balaban J connectivity index is 1.73. The minimum absolute atomic E-state index is 0.0737. The quantitative estimate of drug-likeness (QED) is 0.402. The Labute approximate surface area is 163 Å². The van der Waals surface area contributed by atoms with E-state index in [2.05, 4.69) is 11.1 Å². The molecule has 0 aliphatic heterocycles. The molecule has 2 heterocycles. The molecule has 0 fully saturated rings. The normalized spacial score (nSPS) is 11.3. The van der Waals surface area contributed by atoms with Crippen LogP contribution in [-0.4, -0.2) is 14.5 Å². The lowest BCUT2D eigenvalue weighted by Gasteiger charge is -2.12. The molecule has 6 heteroatoms. The molecule has 0 saturated carbocycles. The summed E-state index contributed by atoms with van der Waals surface area (Å²) in [6.45, 7) is 0. The van der Waals surface area contributed by atoms with Gasteiger partial charge in [-0.3, -0.25) is 9.36 Å². The summed E-state index contributed by atoms with van der Waals surface area (Å²) in [5.41, 5.74) is 2.37. The van der Waals surface area contributed by atoms with Crippen LogP contribution < -0.4 is 5.56 Å². The highest BCUT2D eigenvalue weighted by molar-refractivity contribution is 8.01. The Morgan fingerprint density at radius 1 is 0.778 bits per heavy atom. The lowest BCUT2D eigenvalue weighted by molar-refractivity contribution is 0.819. The summed E-state index contributed by atoms with van der Waals surface area (Å²) in [5, 5.41) is 1.22. The van der Waals surface area contributed by atoms with Gasteiger partial charge in [0.1, 0.15) is 0 Å². The zero-order chi connectivity index (χ0) is 18.2. The van der Waals surface area contributed by atoms with Gasteiger partial charge in [0, 0.05) is 0 Å². The molecule has 3 aromatic carbocycles. The van der Waals surface area contributed by atoms with Crippen LogP contribution in [0.4, 0.5) is 0 Å². The number of para-hydroxylation sites is 3. The molecule has 5 aromatic rings. The summed E-state index contributed by atoms with van der Waals surface area (Å²) >= 11 is 3.03. The molecular formula is C21H13N3OS2. The van der Waals surface area contributed by atoms with Gasteiger partial charge in [0.15, 0.2) is 9.50 Å². The number of nitrogens with zero attached hydrogens (tertiary/aromatic N) is 3. The second-order valence-corrected chi connectivity index (χ2v) is 8.18. The van der Waals surface area contributed by atoms with Crippen LogP contribution in [0.5, 0.6) is 0 Å². The second-order valence-electron chi connectivity index (χ2n) is 5.94. The van der Waals surface area contributed by atoms with E-state index in [9.17, 15) is 4.79 Å². The summed E-state index contributed by atoms with van der Waals surface area (Å²) < 4.78 is 3.65. The van der Waals surface area contributed by atoms with Crippen molar-refractivity contribution < 1.29 is 0 Å². The predicted molar refractivity (Wildman–Crippen MR) is 111 cm³/mol. The fourth-order valence-electron chi connectivity index (χ4n) is 2.96. The van der Waals surface area contributed by atoms with Crippen LogP contribution in [-0.2, 0) is 0 Å². The van der Waals surface area contributed by atoms with E-state index >= 15 is 0 Å². The molecule has 0 bridgehead atoms. The van der Waals surface area contributed by atoms with Crippen LogP contribution in [0.15, 0.2) is 93.2 Å². The van der Waals surface area contributed by atoms with E-state index in [1.807, 2.05) is 72.8 Å². The SMILES string of the molecule is O=c1c2ccccc2nc(Sc2nc3ccccc3s2)n1-c1ccccc1. The van der Waals surface area contributed by atoms with Crippen molar-refractivity contribution in [2.24, 2.45) is 0 Å². The smallest absolute Gasteiger partial charge is 0.266 e. The van der Waals surface area contributed by atoms with Crippen molar-refractivity contribution in [2.75, 3.05) is 0 Å². The van der Waals surface area contributed by atoms with Crippen molar-refractivity contribution in [2.45, 2.75) is 9.50 Å². The highest BCUT2D eigenvalue weighted by atomic mass is 32.2. The molecule has 0 saturated heterocycles. The zero-order valence-electron chi connectivity index (χ0n) is 14.1. The Morgan fingerprint density at radius 3 is 2.30 bits per heavy atom. The predicted octanol–water partition coefficient (Wildman–Crippen LogP) is 5.15. The molecule has 0 aliphatic rings. The topological polar surface area (TPSA) is 47.8 Å². The van der Waals surface area contributed by atoms with E-state index in [1.165, 1.54) is 11.8 Å². The molecule has 130 valence electrons. The van der Waals surface area contributed by atoms with Gasteiger partial charge < -0.3 is 0 Å². The third-order valence-electron chi connectivity index (χ3n) is 4.21. The lowest BCUT2D eigenvalue weighted by Crippen LogP contribution is -2.21. The van der Waals surface area contributed by atoms with Crippen LogP contribution in [0.1, 0.15) is 0 Å². The lowest BCUT2D eigenvalue weighted by atomic mass is 10.2. The van der Waals surface area contributed by atoms with Crippen molar-refractivity contribution in [1.82, 2.24) is 14.5 Å². The Bertz CT molecular complexity index is 1290. The minimum Gasteiger partial charge on any atom is -0.268 e. The molecule has 0 radical (unpaired) electrons. The van der Waals surface area contributed by atoms with Crippen molar-refractivity contribution in [3.63, 3.8) is 0 Å². The number of hydrogen-bond donors (Lipinski definition) is 0. The standard InChI is InChI=1S/C21H13N3OS2/c25-19-15-10-4-5-11-16(15)22-20(24(19)14-8-2-1-3-9-14)27-21-23-17-12-6-7-13-18(17)26-21/h1-13H. The van der Waals surface area contributed by atoms with Crippen LogP contribution in [0.25, 0.3) is 26.8 Å². The van der Waals surface area contributed by atoms with Gasteiger partial charge in [0.25, 0.3) is 5.56 Å². The largest absolute Gasteiger partial charge is 0.268 e. The first-order valence-corrected chi connectivity index (χ1v) is 10.0. The number of thiazole rings is 1. The van der Waals surface area contributed by atoms with Crippen molar-refractivity contribution in [3.8, 4) is 5.69 Å². The Morgan fingerprint density at radius 2 is 1.48 bits per heavy atom. The van der Waals surface area contributed by atoms with Gasteiger partial charge in [-0.25, -0.2) is 9.97 Å². The van der Waals surface area contributed by atoms with Gasteiger partial charge in [-0.15, -0.1) is 11.3 Å². The van der Waals surface area contributed by atoms with Gasteiger partial charge in [0.05, 0.1) is 26.8 Å². The fourth-order valence-corrected chi connectivity index (χ4v) is 5.04. The maximum Gasteiger partial charge on any atom is 0.266 e. The summed E-state index contributed by atoms with van der Waals surface area (Å²) in [4.78, 5) is 22.7. The Hall–Kier alpha value is -2.96. The van der Waals surface area contributed by atoms with Gasteiger partial charge in [0.2, 0.25) is 0 Å². The zero-order valence-corrected chi connectivity index (χ0v) is 15.7. The highest BCUT2D eigenvalue weighted by Gasteiger charge is 2.15. The third kappa shape index (κ3) is 2.93. The van der Waals surface area contributed by atoms with Crippen molar-refractivity contribution in [1.29, 1.82) is 0 Å². The first kappa shape index (κ1) is 16.2. The van der Waals surface area contributed by atoms with Crippen molar-refractivity contribution in [3.05, 3.63) is 89.2 Å². The van der Waals surface area contributed by atoms with E-state index in [-0.39, 0.29) is 5.56 Å². The van der Waals surface area contributed by atoms with E-state index in [0.717, 1.165) is 20.2 Å². The molecule has 0 unspecified atom stereocenters.